The topological polar surface area (TPSA) is 67.2 Å². The van der Waals surface area contributed by atoms with Gasteiger partial charge in [-0.05, 0) is 106 Å². The third-order valence-corrected chi connectivity index (χ3v) is 11.3. The van der Waals surface area contributed by atoms with Crippen molar-refractivity contribution in [1.82, 2.24) is 9.55 Å². The molecule has 1 aromatic carbocycles. The average Bonchev–Trinajstić information content (AvgIpc) is 3.22. The largest absolute Gasteiger partial charge is 0.370 e. The number of rotatable bonds is 7. The number of amides is 1. The zero-order valence-corrected chi connectivity index (χ0v) is 30.1. The smallest absolute Gasteiger partial charge is 0.265 e. The Bertz CT molecular complexity index is 1720. The van der Waals surface area contributed by atoms with E-state index in [9.17, 15) is 9.59 Å². The molecule has 256 valence electrons. The Hall–Kier alpha value is -3.78. The van der Waals surface area contributed by atoms with E-state index < -0.39 is 5.82 Å². The molecule has 0 spiro atoms. The molecule has 3 aromatic heterocycles. The van der Waals surface area contributed by atoms with E-state index in [0.29, 0.717) is 21.6 Å². The number of hydrogen-bond donors (Lipinski definition) is 1. The van der Waals surface area contributed by atoms with Crippen molar-refractivity contribution in [1.29, 1.82) is 0 Å². The highest BCUT2D eigenvalue weighted by atomic mass is 32.1. The van der Waals surface area contributed by atoms with Crippen molar-refractivity contribution in [2.45, 2.75) is 97.8 Å². The number of aryl methyl sites for hydroxylation is 4. The average molecular weight is 671 g/mol. The van der Waals surface area contributed by atoms with Gasteiger partial charge >= 0.3 is 0 Å². The van der Waals surface area contributed by atoms with Crippen LogP contribution in [-0.4, -0.2) is 28.5 Å². The van der Waals surface area contributed by atoms with Crippen LogP contribution in [0.2, 0.25) is 0 Å². The summed E-state index contributed by atoms with van der Waals surface area (Å²) in [6.07, 6.45) is 15.4. The zero-order valence-electron chi connectivity index (χ0n) is 29.3. The first-order valence-corrected chi connectivity index (χ1v) is 18.6. The van der Waals surface area contributed by atoms with Crippen LogP contribution in [0.1, 0.15) is 109 Å². The molecule has 4 heterocycles. The first kappa shape index (κ1) is 35.5. The van der Waals surface area contributed by atoms with E-state index in [1.54, 1.807) is 37.5 Å². The van der Waals surface area contributed by atoms with Gasteiger partial charge in [-0.3, -0.25) is 14.6 Å². The lowest BCUT2D eigenvalue weighted by molar-refractivity contribution is 0.103. The van der Waals surface area contributed by atoms with Gasteiger partial charge in [0.25, 0.3) is 11.5 Å². The molecule has 1 saturated heterocycles. The Morgan fingerprint density at radius 1 is 1.06 bits per heavy atom. The van der Waals surface area contributed by atoms with Gasteiger partial charge in [-0.1, -0.05) is 45.7 Å². The number of halogens is 1. The summed E-state index contributed by atoms with van der Waals surface area (Å²) in [6.45, 7) is 10.8. The lowest BCUT2D eigenvalue weighted by Crippen LogP contribution is -2.24. The van der Waals surface area contributed by atoms with Gasteiger partial charge in [0.1, 0.15) is 0 Å². The number of nitrogens with zero attached hydrogens (tertiary/aromatic N) is 3. The fourth-order valence-electron chi connectivity index (χ4n) is 6.75. The minimum absolute atomic E-state index is 0.0644. The molecule has 2 unspecified atom stereocenters. The number of nitrogens with one attached hydrogen (secondary N) is 1. The summed E-state index contributed by atoms with van der Waals surface area (Å²) >= 11 is 1.52. The second kappa shape index (κ2) is 16.6. The molecule has 0 saturated carbocycles. The van der Waals surface area contributed by atoms with Crippen LogP contribution in [0.3, 0.4) is 0 Å². The number of anilines is 2. The molecule has 4 aromatic rings. The molecule has 1 fully saturated rings. The first-order valence-electron chi connectivity index (χ1n) is 17.8. The zero-order chi connectivity index (χ0) is 34.2. The lowest BCUT2D eigenvalue weighted by Gasteiger charge is -2.22. The normalized spacial score (nSPS) is 17.0. The molecule has 1 aliphatic heterocycles. The fourth-order valence-corrected chi connectivity index (χ4v) is 7.90. The monoisotopic (exact) mass is 670 g/mol. The van der Waals surface area contributed by atoms with Crippen molar-refractivity contribution < 1.29 is 9.18 Å². The van der Waals surface area contributed by atoms with E-state index in [1.807, 2.05) is 33.0 Å². The Kier molecular flexibility index (Phi) is 12.3. The molecule has 2 atom stereocenters. The molecular weight excluding hydrogens is 620 g/mol. The van der Waals surface area contributed by atoms with Crippen molar-refractivity contribution in [3.8, 4) is 11.1 Å². The number of carbonyl (C=O) groups is 1. The maximum atomic E-state index is 15.5. The predicted octanol–water partition coefficient (Wildman–Crippen LogP) is 9.69. The summed E-state index contributed by atoms with van der Waals surface area (Å²) in [5.41, 5.74) is 5.40. The number of fused-ring (bicyclic) bond motifs is 1. The maximum absolute atomic E-state index is 15.5. The summed E-state index contributed by atoms with van der Waals surface area (Å²) in [5, 5.41) is 2.76. The predicted molar refractivity (Wildman–Crippen MR) is 198 cm³/mol. The number of thiophene rings is 1. The van der Waals surface area contributed by atoms with Crippen LogP contribution in [-0.2, 0) is 19.9 Å². The summed E-state index contributed by atoms with van der Waals surface area (Å²) in [5.74, 6) is 0.240. The van der Waals surface area contributed by atoms with Gasteiger partial charge in [0.2, 0.25) is 0 Å². The highest BCUT2D eigenvalue weighted by Crippen LogP contribution is 2.32. The van der Waals surface area contributed by atoms with Crippen molar-refractivity contribution in [2.24, 2.45) is 13.0 Å². The molecule has 6 rings (SSSR count). The van der Waals surface area contributed by atoms with Gasteiger partial charge in [0.05, 0.1) is 22.4 Å². The van der Waals surface area contributed by atoms with Gasteiger partial charge in [-0.25, -0.2) is 4.39 Å². The van der Waals surface area contributed by atoms with Gasteiger partial charge < -0.3 is 14.8 Å². The highest BCUT2D eigenvalue weighted by molar-refractivity contribution is 7.14. The number of hydrogen-bond acceptors (Lipinski definition) is 5. The first-order chi connectivity index (χ1) is 23.2. The standard InChI is InChI=1S/C26H29FN2O2S.C14H22N2/c1-4-16(2)20-13-18(15-29(3)26(20)31)19-10-8-11-21(24(19)27)28-25(30)23-14-17-9-6-5-7-12-22(17)32-23;1-3-13-5-4-9-16(10-8-13)14-7-6-12(2)15-11-14/h8,10-11,13-16H,4-7,9,12H2,1-3H3,(H,28,30);6-7,11,13H,3-5,8-10H2,1-2H3. The molecule has 2 aliphatic rings. The quantitative estimate of drug-likeness (QED) is 0.199. The number of carbonyl (C=O) groups excluding carboxylic acids is 1. The van der Waals surface area contributed by atoms with Crippen LogP contribution in [0.15, 0.2) is 59.7 Å². The van der Waals surface area contributed by atoms with E-state index in [-0.39, 0.29) is 23.1 Å². The summed E-state index contributed by atoms with van der Waals surface area (Å²) in [6, 6.07) is 13.0. The van der Waals surface area contributed by atoms with E-state index in [0.717, 1.165) is 43.7 Å². The Morgan fingerprint density at radius 2 is 1.88 bits per heavy atom. The van der Waals surface area contributed by atoms with Crippen LogP contribution in [0.25, 0.3) is 11.1 Å². The van der Waals surface area contributed by atoms with E-state index >= 15 is 4.39 Å². The van der Waals surface area contributed by atoms with Gasteiger partial charge in [-0.15, -0.1) is 11.3 Å². The SMILES string of the molecule is CCC(C)c1cc(-c2cccc(NC(=O)c3cc4c(s3)CCCCC4)c2F)cn(C)c1=O.CCC1CCCN(c2ccc(C)nc2)CC1. The van der Waals surface area contributed by atoms with E-state index in [4.69, 9.17) is 0 Å². The Balaban J connectivity index is 0.000000236. The number of pyridine rings is 2. The third kappa shape index (κ3) is 8.62. The molecule has 0 bridgehead atoms. The van der Waals surface area contributed by atoms with Crippen LogP contribution >= 0.6 is 11.3 Å². The lowest BCUT2D eigenvalue weighted by atomic mass is 9.96. The minimum atomic E-state index is -0.493. The molecule has 1 N–H and O–H groups in total. The molecule has 1 aliphatic carbocycles. The molecule has 48 heavy (non-hydrogen) atoms. The Morgan fingerprint density at radius 3 is 2.62 bits per heavy atom. The van der Waals surface area contributed by atoms with Crippen molar-refractivity contribution >= 4 is 28.6 Å². The molecule has 0 radical (unpaired) electrons. The Labute approximate surface area is 289 Å². The third-order valence-electron chi connectivity index (χ3n) is 10.1. The fraction of sp³-hybridized carbons (Fsp3) is 0.475. The summed E-state index contributed by atoms with van der Waals surface area (Å²) in [4.78, 5) is 34.2. The maximum Gasteiger partial charge on any atom is 0.265 e. The summed E-state index contributed by atoms with van der Waals surface area (Å²) in [7, 11) is 1.68. The molecular formula is C40H51FN4O2S. The van der Waals surface area contributed by atoms with Crippen LogP contribution in [0, 0.1) is 18.7 Å². The minimum Gasteiger partial charge on any atom is -0.370 e. The molecule has 6 nitrogen and oxygen atoms in total. The van der Waals surface area contributed by atoms with Crippen LogP contribution in [0.5, 0.6) is 0 Å². The second-order valence-corrected chi connectivity index (χ2v) is 14.6. The molecule has 1 amide bonds. The van der Waals surface area contributed by atoms with Crippen molar-refractivity contribution in [3.05, 3.63) is 97.6 Å². The van der Waals surface area contributed by atoms with E-state index in [1.165, 1.54) is 77.2 Å². The number of aromatic nitrogens is 2. The number of benzene rings is 1. The highest BCUT2D eigenvalue weighted by Gasteiger charge is 2.20. The van der Waals surface area contributed by atoms with Crippen molar-refractivity contribution in [3.63, 3.8) is 0 Å². The van der Waals surface area contributed by atoms with E-state index in [2.05, 4.69) is 34.3 Å². The van der Waals surface area contributed by atoms with Gasteiger partial charge in [0, 0.05) is 53.6 Å². The van der Waals surface area contributed by atoms with Gasteiger partial charge in [0.15, 0.2) is 5.82 Å². The molecule has 8 heteroatoms. The second-order valence-electron chi connectivity index (χ2n) is 13.5. The van der Waals surface area contributed by atoms with Crippen LogP contribution in [0.4, 0.5) is 15.8 Å². The van der Waals surface area contributed by atoms with Gasteiger partial charge in [-0.2, -0.15) is 0 Å². The van der Waals surface area contributed by atoms with Crippen LogP contribution < -0.4 is 15.8 Å². The van der Waals surface area contributed by atoms with Crippen molar-refractivity contribution in [2.75, 3.05) is 23.3 Å². The summed E-state index contributed by atoms with van der Waals surface area (Å²) < 4.78 is 17.0.